The number of rotatable bonds is 4. The molecule has 0 saturated heterocycles. The van der Waals surface area contributed by atoms with Gasteiger partial charge in [-0.3, -0.25) is 4.79 Å². The first-order valence-corrected chi connectivity index (χ1v) is 7.87. The fourth-order valence-corrected chi connectivity index (χ4v) is 2.67. The molecule has 2 aromatic carbocycles. The average molecular weight is 333 g/mol. The van der Waals surface area contributed by atoms with Gasteiger partial charge in [0.25, 0.3) is 0 Å². The Bertz CT molecular complexity index is 1070. The zero-order valence-electron chi connectivity index (χ0n) is 13.4. The quantitative estimate of drug-likeness (QED) is 0.588. The van der Waals surface area contributed by atoms with Gasteiger partial charge in [-0.15, -0.1) is 0 Å². The summed E-state index contributed by atoms with van der Waals surface area (Å²) in [5.74, 6) is -0.0844. The van der Waals surface area contributed by atoms with Crippen LogP contribution in [0.1, 0.15) is 6.92 Å². The Labute approximate surface area is 143 Å². The highest BCUT2D eigenvalue weighted by molar-refractivity contribution is 6.06. The summed E-state index contributed by atoms with van der Waals surface area (Å²) in [5, 5.41) is 13.0. The Morgan fingerprint density at radius 1 is 1.08 bits per heavy atom. The summed E-state index contributed by atoms with van der Waals surface area (Å²) in [5.41, 5.74) is 2.64. The van der Waals surface area contributed by atoms with E-state index in [1.54, 1.807) is 6.92 Å². The number of carboxylic acid groups (broad SMARTS) is 1. The maximum absolute atomic E-state index is 11.2. The van der Waals surface area contributed by atoms with Crippen molar-refractivity contribution < 1.29 is 14.3 Å². The van der Waals surface area contributed by atoms with Crippen molar-refractivity contribution in [1.82, 2.24) is 9.97 Å². The lowest BCUT2D eigenvalue weighted by molar-refractivity contribution is -0.137. The second-order valence-corrected chi connectivity index (χ2v) is 5.74. The van der Waals surface area contributed by atoms with E-state index in [2.05, 4.69) is 15.3 Å². The van der Waals surface area contributed by atoms with E-state index < -0.39 is 12.0 Å². The van der Waals surface area contributed by atoms with Crippen LogP contribution in [0.5, 0.6) is 0 Å². The highest BCUT2D eigenvalue weighted by Gasteiger charge is 2.19. The van der Waals surface area contributed by atoms with Crippen LogP contribution in [0.4, 0.5) is 5.82 Å². The molecular formula is C19H15N3O3. The summed E-state index contributed by atoms with van der Waals surface area (Å²) in [6.45, 7) is 1.56. The van der Waals surface area contributed by atoms with E-state index in [0.717, 1.165) is 10.9 Å². The van der Waals surface area contributed by atoms with Gasteiger partial charge >= 0.3 is 5.97 Å². The number of aliphatic carboxylic acids is 1. The van der Waals surface area contributed by atoms with Crippen LogP contribution in [0.25, 0.3) is 33.5 Å². The van der Waals surface area contributed by atoms with Crippen molar-refractivity contribution in [3.8, 4) is 11.4 Å². The van der Waals surface area contributed by atoms with Crippen LogP contribution in [0, 0.1) is 0 Å². The van der Waals surface area contributed by atoms with Crippen molar-refractivity contribution in [3.63, 3.8) is 0 Å². The van der Waals surface area contributed by atoms with Gasteiger partial charge in [-0.2, -0.15) is 0 Å². The average Bonchev–Trinajstić information content (AvgIpc) is 3.01. The van der Waals surface area contributed by atoms with Crippen molar-refractivity contribution in [3.05, 3.63) is 54.6 Å². The maximum Gasteiger partial charge on any atom is 0.325 e. The highest BCUT2D eigenvalue weighted by atomic mass is 16.4. The minimum atomic E-state index is -0.968. The van der Waals surface area contributed by atoms with E-state index in [-0.39, 0.29) is 0 Å². The number of nitrogens with one attached hydrogen (secondary N) is 1. The maximum atomic E-state index is 11.2. The molecule has 0 saturated carbocycles. The number of anilines is 1. The smallest absolute Gasteiger partial charge is 0.325 e. The van der Waals surface area contributed by atoms with Crippen molar-refractivity contribution in [2.75, 3.05) is 5.32 Å². The second kappa shape index (κ2) is 5.90. The zero-order chi connectivity index (χ0) is 17.4. The summed E-state index contributed by atoms with van der Waals surface area (Å²) in [6.07, 6.45) is 0. The van der Waals surface area contributed by atoms with Gasteiger partial charge in [0, 0.05) is 10.9 Å². The van der Waals surface area contributed by atoms with Gasteiger partial charge in [-0.25, -0.2) is 9.97 Å². The predicted molar refractivity (Wildman–Crippen MR) is 95.5 cm³/mol. The van der Waals surface area contributed by atoms with Crippen LogP contribution in [0.2, 0.25) is 0 Å². The number of fused-ring (bicyclic) bond motifs is 3. The van der Waals surface area contributed by atoms with Crippen LogP contribution >= 0.6 is 0 Å². The van der Waals surface area contributed by atoms with Crippen LogP contribution < -0.4 is 5.32 Å². The number of benzene rings is 2. The molecule has 4 rings (SSSR count). The Morgan fingerprint density at radius 2 is 1.80 bits per heavy atom. The Hall–Kier alpha value is -3.41. The number of aromatic nitrogens is 2. The zero-order valence-corrected chi connectivity index (χ0v) is 13.4. The first kappa shape index (κ1) is 15.1. The highest BCUT2D eigenvalue weighted by Crippen LogP contribution is 2.33. The molecule has 0 aliphatic rings. The van der Waals surface area contributed by atoms with Crippen LogP contribution in [-0.2, 0) is 4.79 Å². The molecule has 2 N–H and O–H groups in total. The van der Waals surface area contributed by atoms with Gasteiger partial charge in [-0.1, -0.05) is 42.5 Å². The molecule has 6 heteroatoms. The third kappa shape index (κ3) is 2.67. The number of furan rings is 1. The van der Waals surface area contributed by atoms with Crippen molar-refractivity contribution >= 4 is 33.9 Å². The summed E-state index contributed by atoms with van der Waals surface area (Å²) in [7, 11) is 0. The number of para-hydroxylation sites is 1. The van der Waals surface area contributed by atoms with E-state index in [1.807, 2.05) is 54.6 Å². The SMILES string of the molecule is C[C@H](Nc1nc(-c2ccccc2)nc2c1oc1ccccc12)C(=O)O. The molecule has 0 bridgehead atoms. The molecule has 124 valence electrons. The summed E-state index contributed by atoms with van der Waals surface area (Å²) >= 11 is 0. The number of hydrogen-bond donors (Lipinski definition) is 2. The molecule has 6 nitrogen and oxygen atoms in total. The number of nitrogens with zero attached hydrogens (tertiary/aromatic N) is 2. The molecule has 0 spiro atoms. The lowest BCUT2D eigenvalue weighted by Crippen LogP contribution is -2.26. The molecule has 1 atom stereocenters. The van der Waals surface area contributed by atoms with Crippen LogP contribution in [-0.4, -0.2) is 27.1 Å². The lowest BCUT2D eigenvalue weighted by atomic mass is 10.2. The van der Waals surface area contributed by atoms with E-state index in [4.69, 9.17) is 4.42 Å². The predicted octanol–water partition coefficient (Wildman–Crippen LogP) is 3.93. The molecule has 2 aromatic heterocycles. The lowest BCUT2D eigenvalue weighted by Gasteiger charge is -2.11. The first-order chi connectivity index (χ1) is 12.1. The van der Waals surface area contributed by atoms with Gasteiger partial charge in [0.05, 0.1) is 0 Å². The van der Waals surface area contributed by atoms with Gasteiger partial charge in [0.2, 0.25) is 0 Å². The number of hydrogen-bond acceptors (Lipinski definition) is 5. The summed E-state index contributed by atoms with van der Waals surface area (Å²) < 4.78 is 5.87. The third-order valence-electron chi connectivity index (χ3n) is 3.98. The van der Waals surface area contributed by atoms with E-state index >= 15 is 0 Å². The molecule has 25 heavy (non-hydrogen) atoms. The topological polar surface area (TPSA) is 88.3 Å². The van der Waals surface area contributed by atoms with E-state index in [1.165, 1.54) is 0 Å². The molecule has 0 amide bonds. The molecule has 4 aromatic rings. The van der Waals surface area contributed by atoms with Gasteiger partial charge < -0.3 is 14.8 Å². The van der Waals surface area contributed by atoms with Crippen molar-refractivity contribution in [2.24, 2.45) is 0 Å². The summed E-state index contributed by atoms with van der Waals surface area (Å²) in [4.78, 5) is 20.4. The third-order valence-corrected chi connectivity index (χ3v) is 3.98. The number of carbonyl (C=O) groups is 1. The molecule has 0 unspecified atom stereocenters. The fourth-order valence-electron chi connectivity index (χ4n) is 2.67. The second-order valence-electron chi connectivity index (χ2n) is 5.74. The van der Waals surface area contributed by atoms with Crippen molar-refractivity contribution in [2.45, 2.75) is 13.0 Å². The molecule has 0 aliphatic heterocycles. The fraction of sp³-hybridized carbons (Fsp3) is 0.105. The molecule has 0 radical (unpaired) electrons. The standard InChI is InChI=1S/C19H15N3O3/c1-11(19(23)24)20-18-16-15(13-9-5-6-10-14(13)25-16)21-17(22-18)12-7-3-2-4-8-12/h2-11H,1H3,(H,23,24)(H,20,21,22)/t11-/m0/s1. The normalized spacial score (nSPS) is 12.4. The van der Waals surface area contributed by atoms with Gasteiger partial charge in [0.15, 0.2) is 17.2 Å². The first-order valence-electron chi connectivity index (χ1n) is 7.87. The monoisotopic (exact) mass is 333 g/mol. The molecular weight excluding hydrogens is 318 g/mol. The van der Waals surface area contributed by atoms with Gasteiger partial charge in [0.1, 0.15) is 17.1 Å². The Balaban J connectivity index is 1.98. The molecule has 0 fully saturated rings. The Morgan fingerprint density at radius 3 is 2.56 bits per heavy atom. The molecule has 2 heterocycles. The summed E-state index contributed by atoms with van der Waals surface area (Å²) in [6, 6.07) is 16.3. The van der Waals surface area contributed by atoms with Gasteiger partial charge in [-0.05, 0) is 19.1 Å². The largest absolute Gasteiger partial charge is 0.480 e. The minimum absolute atomic E-state index is 0.370. The van der Waals surface area contributed by atoms with Crippen LogP contribution in [0.15, 0.2) is 59.0 Å². The van der Waals surface area contributed by atoms with E-state index in [0.29, 0.717) is 28.3 Å². The van der Waals surface area contributed by atoms with Crippen LogP contribution in [0.3, 0.4) is 0 Å². The number of carboxylic acids is 1. The van der Waals surface area contributed by atoms with Crippen molar-refractivity contribution in [1.29, 1.82) is 0 Å². The minimum Gasteiger partial charge on any atom is -0.480 e. The van der Waals surface area contributed by atoms with E-state index in [9.17, 15) is 9.90 Å². The Kier molecular flexibility index (Phi) is 3.57. The molecule has 0 aliphatic carbocycles.